The summed E-state index contributed by atoms with van der Waals surface area (Å²) in [6.07, 6.45) is 2.84. The molecule has 0 radical (unpaired) electrons. The number of anilines is 1. The smallest absolute Gasteiger partial charge is 0.335 e. The van der Waals surface area contributed by atoms with Crippen molar-refractivity contribution in [1.82, 2.24) is 13.5 Å². The summed E-state index contributed by atoms with van der Waals surface area (Å²) in [5.74, 6) is -4.76. The Kier molecular flexibility index (Phi) is 11.1. The monoisotopic (exact) mass is 710 g/mol. The number of Topliss-reactive ketones (excluding diaryl/α,β-unsaturated/α-hetero) is 1. The van der Waals surface area contributed by atoms with Gasteiger partial charge in [0.15, 0.2) is 6.04 Å². The number of rotatable bonds is 16. The van der Waals surface area contributed by atoms with Crippen LogP contribution in [0, 0.1) is 5.82 Å². The summed E-state index contributed by atoms with van der Waals surface area (Å²) in [6, 6.07) is 16.4. The SMILES string of the molecule is CCCCCCS(=O)(=O)Oc1ccc(F)c(NC(=O)C(C(=O)c2nsc3ccccc23)n2c(O)c(OCC)n(Cc3ccccc3)c2=O)c1. The quantitative estimate of drug-likeness (QED) is 0.0550. The minimum Gasteiger partial charge on any atom is -0.491 e. The molecule has 0 fully saturated rings. The lowest BCUT2D eigenvalue weighted by Gasteiger charge is -2.17. The van der Waals surface area contributed by atoms with E-state index in [9.17, 15) is 27.9 Å². The predicted octanol–water partition coefficient (Wildman–Crippen LogP) is 5.90. The number of ether oxygens (including phenoxy) is 1. The van der Waals surface area contributed by atoms with E-state index in [1.165, 1.54) is 0 Å². The van der Waals surface area contributed by atoms with Crippen molar-refractivity contribution in [3.05, 3.63) is 100 Å². The van der Waals surface area contributed by atoms with Crippen LogP contribution in [-0.4, -0.2) is 51.1 Å². The normalized spacial score (nSPS) is 12.1. The number of carbonyl (C=O) groups excluding carboxylic acids is 2. The van der Waals surface area contributed by atoms with Gasteiger partial charge in [0.25, 0.3) is 17.7 Å². The van der Waals surface area contributed by atoms with Gasteiger partial charge in [0.05, 0.1) is 29.3 Å². The Labute approximate surface area is 286 Å². The molecule has 12 nitrogen and oxygen atoms in total. The average Bonchev–Trinajstić information content (AvgIpc) is 3.61. The second-order valence-corrected chi connectivity index (χ2v) is 13.6. The first-order valence-corrected chi connectivity index (χ1v) is 18.0. The maximum atomic E-state index is 15.1. The fourth-order valence-corrected chi connectivity index (χ4v) is 7.06. The highest BCUT2D eigenvalue weighted by Crippen LogP contribution is 2.33. The van der Waals surface area contributed by atoms with Crippen LogP contribution >= 0.6 is 11.5 Å². The average molecular weight is 711 g/mol. The Bertz CT molecular complexity index is 2130. The van der Waals surface area contributed by atoms with Crippen molar-refractivity contribution < 1.29 is 36.4 Å². The standard InChI is InChI=1S/C34H35FN4O8S2/c1-3-5-6-12-19-49(44,45)47-23-17-18-25(35)26(20-23)36-31(41)29(30(40)28-24-15-10-11-16-27(24)48-37-28)39-32(42)33(46-4-2)38(34(39)43)21-22-13-8-7-9-14-22/h7-11,13-18,20,29,42H,3-6,12,19,21H2,1-2H3,(H,36,41). The number of nitrogens with zero attached hydrogens (tertiary/aromatic N) is 3. The van der Waals surface area contributed by atoms with E-state index < -0.39 is 50.9 Å². The number of aromatic nitrogens is 3. The molecular formula is C34H35FN4O8S2. The largest absolute Gasteiger partial charge is 0.491 e. The Morgan fingerprint density at radius 2 is 1.76 bits per heavy atom. The third-order valence-corrected chi connectivity index (χ3v) is 9.66. The van der Waals surface area contributed by atoms with Crippen molar-refractivity contribution in [2.24, 2.45) is 0 Å². The Balaban J connectivity index is 1.56. The maximum Gasteiger partial charge on any atom is 0.335 e. The number of ketones is 1. The van der Waals surface area contributed by atoms with Crippen LogP contribution in [0.2, 0.25) is 0 Å². The summed E-state index contributed by atoms with van der Waals surface area (Å²) in [6.45, 7) is 3.59. The molecule has 0 aliphatic carbocycles. The van der Waals surface area contributed by atoms with Gasteiger partial charge in [0.2, 0.25) is 5.78 Å². The van der Waals surface area contributed by atoms with Gasteiger partial charge in [-0.2, -0.15) is 12.8 Å². The van der Waals surface area contributed by atoms with Gasteiger partial charge < -0.3 is 19.3 Å². The van der Waals surface area contributed by atoms with Crippen LogP contribution in [0.25, 0.3) is 10.1 Å². The number of hydrogen-bond donors (Lipinski definition) is 2. The summed E-state index contributed by atoms with van der Waals surface area (Å²) in [5, 5.41) is 14.1. The molecule has 49 heavy (non-hydrogen) atoms. The number of fused-ring (bicyclic) bond motifs is 1. The van der Waals surface area contributed by atoms with Gasteiger partial charge in [0.1, 0.15) is 17.3 Å². The number of unbranched alkanes of at least 4 members (excludes halogenated alkanes) is 3. The van der Waals surface area contributed by atoms with Gasteiger partial charge >= 0.3 is 15.8 Å². The second-order valence-electron chi connectivity index (χ2n) is 11.1. The Morgan fingerprint density at radius 3 is 2.49 bits per heavy atom. The molecule has 2 heterocycles. The topological polar surface area (TPSA) is 159 Å². The van der Waals surface area contributed by atoms with Crippen LogP contribution in [0.4, 0.5) is 10.1 Å². The molecule has 0 spiro atoms. The molecule has 2 N–H and O–H groups in total. The number of amides is 1. The van der Waals surface area contributed by atoms with Gasteiger partial charge in [0, 0.05) is 11.5 Å². The van der Waals surface area contributed by atoms with E-state index in [4.69, 9.17) is 8.92 Å². The number of halogens is 1. The predicted molar refractivity (Wildman–Crippen MR) is 184 cm³/mol. The molecule has 5 aromatic rings. The summed E-state index contributed by atoms with van der Waals surface area (Å²) in [4.78, 5) is 42.3. The molecule has 0 saturated heterocycles. The summed E-state index contributed by atoms with van der Waals surface area (Å²) in [7, 11) is -4.03. The van der Waals surface area contributed by atoms with E-state index in [1.807, 2.05) is 6.92 Å². The van der Waals surface area contributed by atoms with E-state index in [2.05, 4.69) is 9.69 Å². The van der Waals surface area contributed by atoms with Crippen LogP contribution in [0.15, 0.2) is 77.6 Å². The molecule has 0 aliphatic heterocycles. The van der Waals surface area contributed by atoms with Crippen molar-refractivity contribution in [1.29, 1.82) is 0 Å². The highest BCUT2D eigenvalue weighted by atomic mass is 32.2. The van der Waals surface area contributed by atoms with Crippen molar-refractivity contribution in [3.8, 4) is 17.5 Å². The fourth-order valence-electron chi connectivity index (χ4n) is 5.24. The zero-order valence-corrected chi connectivity index (χ0v) is 28.4. The minimum atomic E-state index is -4.03. The highest BCUT2D eigenvalue weighted by molar-refractivity contribution is 7.87. The zero-order chi connectivity index (χ0) is 35.1. The lowest BCUT2D eigenvalue weighted by molar-refractivity contribution is -0.118. The molecule has 2 aromatic heterocycles. The van der Waals surface area contributed by atoms with E-state index in [-0.39, 0.29) is 36.2 Å². The fraction of sp³-hybridized carbons (Fsp3) is 0.294. The van der Waals surface area contributed by atoms with E-state index in [1.54, 1.807) is 61.5 Å². The highest BCUT2D eigenvalue weighted by Gasteiger charge is 2.38. The first kappa shape index (κ1) is 35.3. The van der Waals surface area contributed by atoms with Crippen molar-refractivity contribution >= 4 is 49.1 Å². The number of hydrogen-bond acceptors (Lipinski definition) is 10. The molecule has 15 heteroatoms. The lowest BCUT2D eigenvalue weighted by atomic mass is 10.0. The van der Waals surface area contributed by atoms with Crippen molar-refractivity contribution in [2.45, 2.75) is 52.1 Å². The molecule has 1 amide bonds. The third-order valence-electron chi connectivity index (χ3n) is 7.60. The zero-order valence-electron chi connectivity index (χ0n) is 26.8. The van der Waals surface area contributed by atoms with E-state index >= 15 is 4.39 Å². The van der Waals surface area contributed by atoms with Gasteiger partial charge in [-0.15, -0.1) is 0 Å². The minimum absolute atomic E-state index is 0.0346. The van der Waals surface area contributed by atoms with Gasteiger partial charge in [-0.05, 0) is 48.6 Å². The van der Waals surface area contributed by atoms with Crippen LogP contribution in [0.3, 0.4) is 0 Å². The van der Waals surface area contributed by atoms with Gasteiger partial charge in [-0.1, -0.05) is 74.7 Å². The van der Waals surface area contributed by atoms with Crippen LogP contribution in [0.5, 0.6) is 17.5 Å². The van der Waals surface area contributed by atoms with E-state index in [0.29, 0.717) is 33.1 Å². The lowest BCUT2D eigenvalue weighted by Crippen LogP contribution is -2.39. The first-order chi connectivity index (χ1) is 23.5. The second kappa shape index (κ2) is 15.5. The number of aromatic hydroxyl groups is 1. The van der Waals surface area contributed by atoms with Crippen LogP contribution < -0.4 is 19.9 Å². The number of carbonyl (C=O) groups is 2. The number of benzene rings is 3. The molecule has 1 atom stereocenters. The molecule has 258 valence electrons. The number of nitrogens with one attached hydrogen (secondary N) is 1. The summed E-state index contributed by atoms with van der Waals surface area (Å²) in [5.41, 5.74) is -0.956. The molecular weight excluding hydrogens is 676 g/mol. The molecule has 0 saturated carbocycles. The molecule has 0 aliphatic rings. The third kappa shape index (κ3) is 8.00. The van der Waals surface area contributed by atoms with Crippen molar-refractivity contribution in [3.63, 3.8) is 0 Å². The number of imidazole rings is 1. The Morgan fingerprint density at radius 1 is 1.02 bits per heavy atom. The first-order valence-electron chi connectivity index (χ1n) is 15.7. The maximum absolute atomic E-state index is 15.1. The summed E-state index contributed by atoms with van der Waals surface area (Å²) < 4.78 is 57.6. The summed E-state index contributed by atoms with van der Waals surface area (Å²) >= 11 is 0.999. The van der Waals surface area contributed by atoms with Crippen molar-refractivity contribution in [2.75, 3.05) is 17.7 Å². The van der Waals surface area contributed by atoms with E-state index in [0.717, 1.165) is 47.1 Å². The Hall–Kier alpha value is -5.02. The van der Waals surface area contributed by atoms with Crippen LogP contribution in [0.1, 0.15) is 61.6 Å². The molecule has 3 aromatic carbocycles. The van der Waals surface area contributed by atoms with Gasteiger partial charge in [-0.3, -0.25) is 14.2 Å². The van der Waals surface area contributed by atoms with Gasteiger partial charge in [-0.25, -0.2) is 13.8 Å². The molecule has 0 bridgehead atoms. The molecule has 1 unspecified atom stereocenters. The van der Waals surface area contributed by atoms with Crippen LogP contribution in [-0.2, 0) is 21.5 Å². The molecule has 5 rings (SSSR count).